The summed E-state index contributed by atoms with van der Waals surface area (Å²) in [7, 11) is 0. The van der Waals surface area contributed by atoms with Gasteiger partial charge in [-0.25, -0.2) is 4.79 Å². The topological polar surface area (TPSA) is 153 Å². The van der Waals surface area contributed by atoms with Crippen LogP contribution < -0.4 is 11.1 Å². The summed E-state index contributed by atoms with van der Waals surface area (Å²) in [5.41, 5.74) is 4.74. The van der Waals surface area contributed by atoms with Crippen molar-refractivity contribution in [2.45, 2.75) is 31.2 Å². The van der Waals surface area contributed by atoms with Crippen LogP contribution in [0.25, 0.3) is 0 Å². The summed E-state index contributed by atoms with van der Waals surface area (Å²) < 4.78 is 0. The number of carboxylic acid groups (broad SMARTS) is 1. The van der Waals surface area contributed by atoms with Gasteiger partial charge in [0.05, 0.1) is 15.6 Å². The lowest BCUT2D eigenvalue weighted by Gasteiger charge is -2.19. The molecule has 0 aliphatic carbocycles. The molecule has 136 valence electrons. The van der Waals surface area contributed by atoms with Crippen LogP contribution >= 0.6 is 11.8 Å². The highest BCUT2D eigenvalue weighted by Gasteiger charge is 2.25. The molecule has 0 aromatic heterocycles. The first kappa shape index (κ1) is 20.4. The molecular weight excluding hydrogens is 350 g/mol. The number of aliphatic carboxylic acids is 1. The molecule has 0 aliphatic rings. The van der Waals surface area contributed by atoms with Gasteiger partial charge in [0, 0.05) is 11.6 Å². The molecule has 4 N–H and O–H groups in total. The highest BCUT2D eigenvalue weighted by molar-refractivity contribution is 8.00. The molecule has 0 saturated carbocycles. The molecule has 1 rings (SSSR count). The Labute approximate surface area is 148 Å². The van der Waals surface area contributed by atoms with Crippen LogP contribution in [0.1, 0.15) is 30.6 Å². The number of carboxylic acids is 1. The van der Waals surface area contributed by atoms with E-state index in [1.165, 1.54) is 12.1 Å². The van der Waals surface area contributed by atoms with Gasteiger partial charge in [0.1, 0.15) is 6.04 Å². The molecule has 2 amide bonds. The van der Waals surface area contributed by atoms with Crippen molar-refractivity contribution in [3.05, 3.63) is 33.9 Å². The largest absolute Gasteiger partial charge is 0.480 e. The van der Waals surface area contributed by atoms with E-state index in [-0.39, 0.29) is 27.8 Å². The molecule has 0 bridgehead atoms. The minimum absolute atomic E-state index is 0.0109. The van der Waals surface area contributed by atoms with E-state index < -0.39 is 28.7 Å². The third-order valence-corrected chi connectivity index (χ3v) is 4.66. The third kappa shape index (κ3) is 5.75. The number of nitro benzene ring substituents is 1. The van der Waals surface area contributed by atoms with Crippen molar-refractivity contribution in [1.82, 2.24) is 5.32 Å². The minimum Gasteiger partial charge on any atom is -0.480 e. The normalized spacial score (nSPS) is 12.9. The zero-order chi connectivity index (χ0) is 19.1. The number of hydrogen-bond acceptors (Lipinski definition) is 6. The monoisotopic (exact) mass is 369 g/mol. The first-order valence-corrected chi connectivity index (χ1v) is 8.39. The number of amides is 2. The molecule has 0 aliphatic heterocycles. The van der Waals surface area contributed by atoms with E-state index in [9.17, 15) is 24.5 Å². The molecule has 1 aromatic rings. The van der Waals surface area contributed by atoms with E-state index in [0.29, 0.717) is 6.42 Å². The fourth-order valence-corrected chi connectivity index (χ4v) is 2.79. The highest BCUT2D eigenvalue weighted by atomic mass is 32.2. The van der Waals surface area contributed by atoms with Crippen LogP contribution in [0.2, 0.25) is 0 Å². The quantitative estimate of drug-likeness (QED) is 0.338. The van der Waals surface area contributed by atoms with Gasteiger partial charge in [-0.1, -0.05) is 20.3 Å². The zero-order valence-corrected chi connectivity index (χ0v) is 14.5. The Hall–Kier alpha value is -2.62. The van der Waals surface area contributed by atoms with Crippen LogP contribution in [-0.4, -0.2) is 39.6 Å². The predicted molar refractivity (Wildman–Crippen MR) is 91.4 cm³/mol. The Bertz CT molecular complexity index is 694. The minimum atomic E-state index is -1.13. The first-order chi connectivity index (χ1) is 11.7. The average Bonchev–Trinajstić information content (AvgIpc) is 2.56. The van der Waals surface area contributed by atoms with E-state index >= 15 is 0 Å². The maximum absolute atomic E-state index is 12.0. The fraction of sp³-hybridized carbons (Fsp3) is 0.400. The molecule has 0 spiro atoms. The lowest BCUT2D eigenvalue weighted by molar-refractivity contribution is -0.387. The van der Waals surface area contributed by atoms with Crippen LogP contribution in [0.15, 0.2) is 23.1 Å². The average molecular weight is 369 g/mol. The molecule has 2 atom stereocenters. The Kier molecular flexibility index (Phi) is 7.37. The molecule has 0 radical (unpaired) electrons. The summed E-state index contributed by atoms with van der Waals surface area (Å²) in [6.07, 6.45) is 0.574. The number of nitrogens with one attached hydrogen (secondary N) is 1. The second-order valence-electron chi connectivity index (χ2n) is 5.36. The van der Waals surface area contributed by atoms with Gasteiger partial charge in [-0.2, -0.15) is 0 Å². The maximum Gasteiger partial charge on any atom is 0.326 e. The van der Waals surface area contributed by atoms with Crippen molar-refractivity contribution in [3.63, 3.8) is 0 Å². The second-order valence-corrected chi connectivity index (χ2v) is 6.38. The standard InChI is InChI=1S/C15H19N3O6S/c1-3-8(2)13(15(21)22)17-12(19)7-25-11-5-4-9(14(16)20)6-10(11)18(23)24/h4-6,8,13H,3,7H2,1-2H3,(H2,16,20)(H,17,19)(H,21,22). The van der Waals surface area contributed by atoms with Gasteiger partial charge in [-0.15, -0.1) is 11.8 Å². The van der Waals surface area contributed by atoms with E-state index in [2.05, 4.69) is 5.32 Å². The van der Waals surface area contributed by atoms with E-state index in [0.717, 1.165) is 17.8 Å². The van der Waals surface area contributed by atoms with Gasteiger partial charge in [0.2, 0.25) is 11.8 Å². The number of carbonyl (C=O) groups is 3. The summed E-state index contributed by atoms with van der Waals surface area (Å²) in [4.78, 5) is 44.9. The predicted octanol–water partition coefficient (Wildman–Crippen LogP) is 1.40. The zero-order valence-electron chi connectivity index (χ0n) is 13.7. The number of nitrogens with two attached hydrogens (primary N) is 1. The summed E-state index contributed by atoms with van der Waals surface area (Å²) >= 11 is 0.878. The first-order valence-electron chi connectivity index (χ1n) is 7.40. The fourth-order valence-electron chi connectivity index (χ4n) is 1.98. The summed E-state index contributed by atoms with van der Waals surface area (Å²) in [6.45, 7) is 3.52. The number of rotatable bonds is 9. The number of nitrogens with zero attached hydrogens (tertiary/aromatic N) is 1. The number of hydrogen-bond donors (Lipinski definition) is 3. The van der Waals surface area contributed by atoms with Gasteiger partial charge in [0.25, 0.3) is 5.69 Å². The molecule has 0 saturated heterocycles. The molecule has 10 heteroatoms. The number of benzene rings is 1. The molecule has 0 fully saturated rings. The van der Waals surface area contributed by atoms with Crippen LogP contribution in [-0.2, 0) is 9.59 Å². The molecule has 1 aromatic carbocycles. The van der Waals surface area contributed by atoms with Crippen molar-refractivity contribution < 1.29 is 24.4 Å². The molecule has 2 unspecified atom stereocenters. The van der Waals surface area contributed by atoms with E-state index in [1.54, 1.807) is 6.92 Å². The Balaban J connectivity index is 2.83. The van der Waals surface area contributed by atoms with Gasteiger partial charge in [0.15, 0.2) is 0 Å². The van der Waals surface area contributed by atoms with Gasteiger partial charge in [-0.05, 0) is 18.1 Å². The Morgan fingerprint density at radius 3 is 2.52 bits per heavy atom. The van der Waals surface area contributed by atoms with E-state index in [4.69, 9.17) is 10.8 Å². The Morgan fingerprint density at radius 1 is 1.40 bits per heavy atom. The van der Waals surface area contributed by atoms with Crippen molar-refractivity contribution in [1.29, 1.82) is 0 Å². The van der Waals surface area contributed by atoms with Crippen molar-refractivity contribution in [3.8, 4) is 0 Å². The summed E-state index contributed by atoms with van der Waals surface area (Å²) in [5.74, 6) is -2.93. The third-order valence-electron chi connectivity index (χ3n) is 3.59. The number of carbonyl (C=O) groups excluding carboxylic acids is 2. The SMILES string of the molecule is CCC(C)C(NC(=O)CSc1ccc(C(N)=O)cc1[N+](=O)[O-])C(=O)O. The number of primary amides is 1. The Morgan fingerprint density at radius 2 is 2.04 bits per heavy atom. The molecule has 25 heavy (non-hydrogen) atoms. The van der Waals surface area contributed by atoms with Gasteiger partial charge < -0.3 is 16.2 Å². The van der Waals surface area contributed by atoms with Crippen LogP contribution in [0.4, 0.5) is 5.69 Å². The lowest BCUT2D eigenvalue weighted by atomic mass is 9.99. The summed E-state index contributed by atoms with van der Waals surface area (Å²) in [6, 6.07) is 2.68. The summed E-state index contributed by atoms with van der Waals surface area (Å²) in [5, 5.41) is 22.7. The van der Waals surface area contributed by atoms with Crippen molar-refractivity contribution in [2.24, 2.45) is 11.7 Å². The maximum atomic E-state index is 12.0. The van der Waals surface area contributed by atoms with Crippen molar-refractivity contribution in [2.75, 3.05) is 5.75 Å². The van der Waals surface area contributed by atoms with Crippen molar-refractivity contribution >= 4 is 35.2 Å². The molecular formula is C15H19N3O6S. The second kappa shape index (κ2) is 9.02. The van der Waals surface area contributed by atoms with Crippen LogP contribution in [0, 0.1) is 16.0 Å². The number of nitro groups is 1. The molecule has 9 nitrogen and oxygen atoms in total. The van der Waals surface area contributed by atoms with Gasteiger partial charge in [-0.3, -0.25) is 19.7 Å². The lowest BCUT2D eigenvalue weighted by Crippen LogP contribution is -2.45. The highest BCUT2D eigenvalue weighted by Crippen LogP contribution is 2.30. The smallest absolute Gasteiger partial charge is 0.326 e. The molecule has 0 heterocycles. The van der Waals surface area contributed by atoms with Crippen LogP contribution in [0.5, 0.6) is 0 Å². The van der Waals surface area contributed by atoms with E-state index in [1.807, 2.05) is 6.92 Å². The van der Waals surface area contributed by atoms with Crippen LogP contribution in [0.3, 0.4) is 0 Å². The van der Waals surface area contributed by atoms with Gasteiger partial charge >= 0.3 is 5.97 Å². The number of thioether (sulfide) groups is 1.